The van der Waals surface area contributed by atoms with Gasteiger partial charge in [0, 0.05) is 26.7 Å². The van der Waals surface area contributed by atoms with Gasteiger partial charge in [0.05, 0.1) is 28.6 Å². The molecule has 3 amide bonds. The van der Waals surface area contributed by atoms with Crippen molar-refractivity contribution in [3.63, 3.8) is 0 Å². The minimum absolute atomic E-state index is 0.0343. The fourth-order valence-electron chi connectivity index (χ4n) is 4.30. The molecule has 1 fully saturated rings. The number of nitrogen functional groups attached to an aromatic ring is 1. The van der Waals surface area contributed by atoms with Crippen LogP contribution in [0.15, 0.2) is 37.2 Å². The number of nitrogens with one attached hydrogen (secondary N) is 1. The number of benzene rings is 1. The molecule has 12 heteroatoms. The number of carbonyl (C=O) groups excluding carboxylic acids is 3. The molecule has 0 bridgehead atoms. The van der Waals surface area contributed by atoms with Gasteiger partial charge in [0.1, 0.15) is 12.1 Å². The normalized spacial score (nSPS) is 17.3. The van der Waals surface area contributed by atoms with E-state index >= 15 is 0 Å². The monoisotopic (exact) mass is 510 g/mol. The molecular formula is C24H27ClN8O3. The summed E-state index contributed by atoms with van der Waals surface area (Å²) in [5.41, 5.74) is 7.65. The first-order valence-corrected chi connectivity index (χ1v) is 11.7. The van der Waals surface area contributed by atoms with Crippen molar-refractivity contribution in [3.8, 4) is 0 Å². The van der Waals surface area contributed by atoms with Crippen LogP contribution in [0.25, 0.3) is 11.0 Å². The number of aromatic nitrogens is 4. The average Bonchev–Trinajstić information content (AvgIpc) is 3.41. The second kappa shape index (κ2) is 9.94. The molecule has 1 aromatic carbocycles. The quantitative estimate of drug-likeness (QED) is 0.485. The molecule has 0 aliphatic carbocycles. The Bertz CT molecular complexity index is 1370. The molecule has 1 aliphatic heterocycles. The Hall–Kier alpha value is -3.99. The van der Waals surface area contributed by atoms with E-state index in [9.17, 15) is 14.4 Å². The van der Waals surface area contributed by atoms with Crippen molar-refractivity contribution in [2.75, 3.05) is 31.7 Å². The van der Waals surface area contributed by atoms with Gasteiger partial charge in [-0.2, -0.15) is 5.10 Å². The fraction of sp³-hybridized carbons (Fsp3) is 0.333. The number of amides is 3. The highest BCUT2D eigenvalue weighted by atomic mass is 35.5. The van der Waals surface area contributed by atoms with Gasteiger partial charge in [0.25, 0.3) is 5.91 Å². The lowest BCUT2D eigenvalue weighted by Gasteiger charge is -2.19. The summed E-state index contributed by atoms with van der Waals surface area (Å²) in [6.07, 6.45) is 3.41. The zero-order chi connectivity index (χ0) is 26.1. The number of likely N-dealkylation sites (N-methyl/N-ethyl adjacent to an activating group) is 1. The summed E-state index contributed by atoms with van der Waals surface area (Å²) in [5.74, 6) is -0.654. The molecule has 0 radical (unpaired) electrons. The first-order chi connectivity index (χ1) is 17.1. The first-order valence-electron chi connectivity index (χ1n) is 11.3. The Morgan fingerprint density at radius 2 is 2.06 bits per heavy atom. The number of nitrogens with zero attached hydrogens (tertiary/aromatic N) is 6. The lowest BCUT2D eigenvalue weighted by molar-refractivity contribution is -0.128. The molecule has 0 spiro atoms. The highest BCUT2D eigenvalue weighted by Gasteiger charge is 2.35. The SMILES string of the molecule is C=CC(=O)N1C[C@H](n2nc(C(=O)Nc3ccc(CC(=O)N(C)C)cc3Cl)c3c(N)ncnc32)C[C@H]1C. The molecule has 3 heterocycles. The predicted octanol–water partition coefficient (Wildman–Crippen LogP) is 2.29. The Morgan fingerprint density at radius 3 is 2.72 bits per heavy atom. The van der Waals surface area contributed by atoms with E-state index in [1.54, 1.807) is 41.9 Å². The largest absolute Gasteiger partial charge is 0.383 e. The van der Waals surface area contributed by atoms with Gasteiger partial charge in [-0.3, -0.25) is 14.4 Å². The Kier molecular flexibility index (Phi) is 6.93. The van der Waals surface area contributed by atoms with E-state index in [0.29, 0.717) is 29.7 Å². The fourth-order valence-corrected chi connectivity index (χ4v) is 4.55. The van der Waals surface area contributed by atoms with Crippen molar-refractivity contribution in [1.29, 1.82) is 0 Å². The van der Waals surface area contributed by atoms with Crippen LogP contribution in [0, 0.1) is 0 Å². The molecule has 11 nitrogen and oxygen atoms in total. The summed E-state index contributed by atoms with van der Waals surface area (Å²) < 4.78 is 1.63. The lowest BCUT2D eigenvalue weighted by atomic mass is 10.1. The van der Waals surface area contributed by atoms with Crippen LogP contribution in [0.2, 0.25) is 5.02 Å². The van der Waals surface area contributed by atoms with Crippen LogP contribution in [0.4, 0.5) is 11.5 Å². The summed E-state index contributed by atoms with van der Waals surface area (Å²) in [7, 11) is 3.36. The molecule has 0 unspecified atom stereocenters. The van der Waals surface area contributed by atoms with Crippen LogP contribution < -0.4 is 11.1 Å². The van der Waals surface area contributed by atoms with Gasteiger partial charge in [-0.1, -0.05) is 24.2 Å². The molecule has 2 atom stereocenters. The molecule has 0 saturated carbocycles. The van der Waals surface area contributed by atoms with E-state index in [4.69, 9.17) is 17.3 Å². The van der Waals surface area contributed by atoms with E-state index in [1.165, 1.54) is 17.3 Å². The highest BCUT2D eigenvalue weighted by molar-refractivity contribution is 6.34. The standard InChI is InChI=1S/C24H27ClN8O3/c1-5-18(34)32-11-15(8-13(32)2)33-23-20(22(26)27-12-28-23)21(30-33)24(36)29-17-7-6-14(9-16(17)25)10-19(35)31(3)4/h5-7,9,12-13,15H,1,8,10-11H2,2-4H3,(H,29,36)(H2,26,27,28)/t13-,15-/m1/s1. The Balaban J connectivity index is 1.63. The van der Waals surface area contributed by atoms with Gasteiger partial charge in [-0.05, 0) is 37.1 Å². The number of hydrogen-bond acceptors (Lipinski definition) is 7. The third kappa shape index (κ3) is 4.74. The van der Waals surface area contributed by atoms with Crippen LogP contribution in [0.1, 0.15) is 35.4 Å². The first kappa shape index (κ1) is 25.1. The summed E-state index contributed by atoms with van der Waals surface area (Å²) in [5, 5.41) is 7.92. The number of fused-ring (bicyclic) bond motifs is 1. The molecule has 3 aromatic rings. The van der Waals surface area contributed by atoms with Crippen molar-refractivity contribution in [2.45, 2.75) is 31.8 Å². The maximum atomic E-state index is 13.3. The van der Waals surface area contributed by atoms with E-state index in [1.807, 2.05) is 6.92 Å². The van der Waals surface area contributed by atoms with Crippen LogP contribution >= 0.6 is 11.6 Å². The molecule has 1 saturated heterocycles. The van der Waals surface area contributed by atoms with Gasteiger partial charge in [-0.15, -0.1) is 0 Å². The molecule has 2 aromatic heterocycles. The number of anilines is 2. The van der Waals surface area contributed by atoms with E-state index in [-0.39, 0.29) is 46.9 Å². The summed E-state index contributed by atoms with van der Waals surface area (Å²) in [6, 6.07) is 4.75. The third-order valence-electron chi connectivity index (χ3n) is 6.23. The lowest BCUT2D eigenvalue weighted by Crippen LogP contribution is -2.32. The van der Waals surface area contributed by atoms with Crippen molar-refractivity contribution < 1.29 is 14.4 Å². The van der Waals surface area contributed by atoms with Crippen molar-refractivity contribution in [1.82, 2.24) is 29.5 Å². The second-order valence-corrected chi connectivity index (χ2v) is 9.32. The molecular weight excluding hydrogens is 484 g/mol. The maximum Gasteiger partial charge on any atom is 0.277 e. The van der Waals surface area contributed by atoms with Crippen LogP contribution in [-0.4, -0.2) is 74.0 Å². The number of likely N-dealkylation sites (tertiary alicyclic amines) is 1. The van der Waals surface area contributed by atoms with Crippen molar-refractivity contribution in [2.24, 2.45) is 0 Å². The average molecular weight is 511 g/mol. The maximum absolute atomic E-state index is 13.3. The number of hydrogen-bond donors (Lipinski definition) is 2. The van der Waals surface area contributed by atoms with Crippen molar-refractivity contribution in [3.05, 3.63) is 53.5 Å². The number of nitrogens with two attached hydrogens (primary N) is 1. The number of carbonyl (C=O) groups is 3. The Labute approximate surface area is 212 Å². The number of rotatable bonds is 6. The molecule has 188 valence electrons. The minimum atomic E-state index is -0.538. The van der Waals surface area contributed by atoms with Gasteiger partial charge < -0.3 is 20.9 Å². The van der Waals surface area contributed by atoms with E-state index in [2.05, 4.69) is 27.0 Å². The topological polar surface area (TPSA) is 139 Å². The van der Waals surface area contributed by atoms with Crippen LogP contribution in [0.5, 0.6) is 0 Å². The van der Waals surface area contributed by atoms with Crippen LogP contribution in [0.3, 0.4) is 0 Å². The van der Waals surface area contributed by atoms with Gasteiger partial charge in [-0.25, -0.2) is 14.6 Å². The zero-order valence-electron chi connectivity index (χ0n) is 20.2. The van der Waals surface area contributed by atoms with E-state index in [0.717, 1.165) is 5.56 Å². The predicted molar refractivity (Wildman–Crippen MR) is 137 cm³/mol. The summed E-state index contributed by atoms with van der Waals surface area (Å²) in [4.78, 5) is 49.1. The minimum Gasteiger partial charge on any atom is -0.383 e. The van der Waals surface area contributed by atoms with Gasteiger partial charge in [0.15, 0.2) is 11.3 Å². The van der Waals surface area contributed by atoms with Gasteiger partial charge in [0.2, 0.25) is 11.8 Å². The highest BCUT2D eigenvalue weighted by Crippen LogP contribution is 2.32. The third-order valence-corrected chi connectivity index (χ3v) is 6.54. The Morgan fingerprint density at radius 1 is 1.31 bits per heavy atom. The molecule has 1 aliphatic rings. The summed E-state index contributed by atoms with van der Waals surface area (Å²) >= 11 is 6.40. The zero-order valence-corrected chi connectivity index (χ0v) is 21.0. The molecule has 4 rings (SSSR count). The molecule has 36 heavy (non-hydrogen) atoms. The summed E-state index contributed by atoms with van der Waals surface area (Å²) in [6.45, 7) is 5.91. The van der Waals surface area contributed by atoms with Crippen molar-refractivity contribution >= 4 is 51.9 Å². The molecule has 3 N–H and O–H groups in total. The second-order valence-electron chi connectivity index (χ2n) is 8.92. The number of halogens is 1. The van der Waals surface area contributed by atoms with Crippen LogP contribution in [-0.2, 0) is 16.0 Å². The smallest absolute Gasteiger partial charge is 0.277 e. The van der Waals surface area contributed by atoms with E-state index < -0.39 is 5.91 Å². The van der Waals surface area contributed by atoms with Gasteiger partial charge >= 0.3 is 0 Å².